The highest BCUT2D eigenvalue weighted by Gasteiger charge is 2.58. The molecule has 0 spiro atoms. The Balaban J connectivity index is 1.36. The summed E-state index contributed by atoms with van der Waals surface area (Å²) in [6.07, 6.45) is 5.78. The highest BCUT2D eigenvalue weighted by Crippen LogP contribution is 2.59. The predicted octanol–water partition coefficient (Wildman–Crippen LogP) is 2.35. The Morgan fingerprint density at radius 1 is 1.10 bits per heavy atom. The number of hydrogen-bond acceptors (Lipinski definition) is 5. The highest BCUT2D eigenvalue weighted by atomic mass is 32.2. The molecule has 3 N–H and O–H groups in total. The van der Waals surface area contributed by atoms with Crippen molar-refractivity contribution in [2.75, 3.05) is 4.31 Å². The van der Waals surface area contributed by atoms with Gasteiger partial charge in [0.25, 0.3) is 5.91 Å². The van der Waals surface area contributed by atoms with Crippen LogP contribution >= 0.6 is 0 Å². The number of primary amides is 1. The first-order valence-corrected chi connectivity index (χ1v) is 11.7. The van der Waals surface area contributed by atoms with E-state index in [0.717, 1.165) is 36.4 Å². The Labute approximate surface area is 181 Å². The third-order valence-corrected chi connectivity index (χ3v) is 8.08. The molecule has 0 radical (unpaired) electrons. The molecule has 1 heterocycles. The van der Waals surface area contributed by atoms with E-state index in [1.54, 1.807) is 36.4 Å². The second-order valence-electron chi connectivity index (χ2n) is 9.17. The van der Waals surface area contributed by atoms with E-state index in [-0.39, 0.29) is 35.6 Å². The molecule has 164 valence electrons. The second-order valence-corrected chi connectivity index (χ2v) is 10.0. The van der Waals surface area contributed by atoms with E-state index < -0.39 is 16.3 Å². The van der Waals surface area contributed by atoms with Gasteiger partial charge >= 0.3 is 0 Å². The van der Waals surface area contributed by atoms with Gasteiger partial charge in [0.15, 0.2) is 0 Å². The number of carbonyl (C=O) groups is 2. The van der Waals surface area contributed by atoms with Crippen LogP contribution in [0, 0.1) is 23.2 Å². The van der Waals surface area contributed by atoms with E-state index in [9.17, 15) is 18.0 Å². The number of rotatable bonds is 6. The molecular formula is C22H25N3O5S. The van der Waals surface area contributed by atoms with Crippen LogP contribution in [0.5, 0.6) is 0 Å². The first-order chi connectivity index (χ1) is 14.9. The lowest BCUT2D eigenvalue weighted by Crippen LogP contribution is -2.62. The summed E-state index contributed by atoms with van der Waals surface area (Å²) in [4.78, 5) is 25.2. The van der Waals surface area contributed by atoms with Crippen LogP contribution in [0.15, 0.2) is 47.1 Å². The van der Waals surface area contributed by atoms with E-state index in [0.29, 0.717) is 17.2 Å². The lowest BCUT2D eigenvalue weighted by Gasteiger charge is -2.58. The third-order valence-electron chi connectivity index (χ3n) is 7.32. The van der Waals surface area contributed by atoms with E-state index in [1.807, 2.05) is 0 Å². The standard InChI is InChI=1S/C22H25N3O5S/c23-21(27)22-10-13-7-15(11-22)19(16(8-13)12-22)24-20(26)14-3-1-4-17(9-14)25(31(28)29)18-5-2-6-30-18/h1-6,9,13,15-16,19,31H,7-8,10-12H2,(H2,23,27)(H,24,26). The number of anilines is 2. The molecule has 2 aromatic rings. The quantitative estimate of drug-likeness (QED) is 0.592. The van der Waals surface area contributed by atoms with E-state index >= 15 is 0 Å². The van der Waals surface area contributed by atoms with Crippen LogP contribution in [0.4, 0.5) is 11.6 Å². The molecule has 0 saturated heterocycles. The van der Waals surface area contributed by atoms with Gasteiger partial charge in [0, 0.05) is 23.1 Å². The highest BCUT2D eigenvalue weighted by molar-refractivity contribution is 7.74. The summed E-state index contributed by atoms with van der Waals surface area (Å²) < 4.78 is 29.9. The van der Waals surface area contributed by atoms with Crippen LogP contribution in [0.3, 0.4) is 0 Å². The van der Waals surface area contributed by atoms with Gasteiger partial charge in [0.2, 0.25) is 22.7 Å². The van der Waals surface area contributed by atoms with Gasteiger partial charge in [-0.05, 0) is 74.1 Å². The number of nitrogens with two attached hydrogens (primary N) is 1. The lowest BCUT2D eigenvalue weighted by molar-refractivity contribution is -0.145. The van der Waals surface area contributed by atoms with Crippen LogP contribution in [-0.2, 0) is 15.7 Å². The first-order valence-electron chi connectivity index (χ1n) is 10.5. The van der Waals surface area contributed by atoms with E-state index in [4.69, 9.17) is 10.2 Å². The van der Waals surface area contributed by atoms with Crippen molar-refractivity contribution in [2.45, 2.75) is 38.1 Å². The zero-order chi connectivity index (χ0) is 21.8. The van der Waals surface area contributed by atoms with Crippen molar-refractivity contribution in [3.8, 4) is 0 Å². The molecule has 6 rings (SSSR count). The molecule has 4 aliphatic carbocycles. The molecule has 4 saturated carbocycles. The zero-order valence-corrected chi connectivity index (χ0v) is 17.8. The Hall–Kier alpha value is -2.81. The number of carbonyl (C=O) groups excluding carboxylic acids is 2. The lowest BCUT2D eigenvalue weighted by atomic mass is 9.47. The number of nitrogens with one attached hydrogen (secondary N) is 1. The number of amides is 2. The van der Waals surface area contributed by atoms with Gasteiger partial charge < -0.3 is 15.5 Å². The smallest absolute Gasteiger partial charge is 0.251 e. The van der Waals surface area contributed by atoms with E-state index in [1.165, 1.54) is 6.26 Å². The molecule has 4 fully saturated rings. The summed E-state index contributed by atoms with van der Waals surface area (Å²) in [5, 5.41) is 3.18. The molecule has 4 bridgehead atoms. The summed E-state index contributed by atoms with van der Waals surface area (Å²) in [5.41, 5.74) is 6.06. The maximum Gasteiger partial charge on any atom is 0.251 e. The largest absolute Gasteiger partial charge is 0.447 e. The van der Waals surface area contributed by atoms with Crippen molar-refractivity contribution in [2.24, 2.45) is 28.9 Å². The monoisotopic (exact) mass is 443 g/mol. The minimum absolute atomic E-state index is 0.0116. The minimum Gasteiger partial charge on any atom is -0.447 e. The van der Waals surface area contributed by atoms with Crippen molar-refractivity contribution in [1.29, 1.82) is 0 Å². The van der Waals surface area contributed by atoms with Gasteiger partial charge in [-0.3, -0.25) is 9.59 Å². The average Bonchev–Trinajstić information content (AvgIpc) is 3.24. The van der Waals surface area contributed by atoms with Gasteiger partial charge in [-0.2, -0.15) is 0 Å². The van der Waals surface area contributed by atoms with Gasteiger partial charge in [0.1, 0.15) is 0 Å². The van der Waals surface area contributed by atoms with Gasteiger partial charge in [0.05, 0.1) is 12.0 Å². The molecule has 0 aliphatic heterocycles. The predicted molar refractivity (Wildman–Crippen MR) is 114 cm³/mol. The molecular weight excluding hydrogens is 418 g/mol. The maximum absolute atomic E-state index is 13.1. The number of nitrogens with zero attached hydrogens (tertiary/aromatic N) is 1. The summed E-state index contributed by atoms with van der Waals surface area (Å²) >= 11 is 0. The second kappa shape index (κ2) is 7.40. The Morgan fingerprint density at radius 3 is 2.45 bits per heavy atom. The molecule has 1 aromatic carbocycles. The van der Waals surface area contributed by atoms with Crippen LogP contribution in [0.1, 0.15) is 42.5 Å². The Bertz CT molecular complexity index is 1070. The summed E-state index contributed by atoms with van der Waals surface area (Å²) in [6, 6.07) is 9.63. The first kappa shape index (κ1) is 20.1. The summed E-state index contributed by atoms with van der Waals surface area (Å²) in [6.45, 7) is 0. The van der Waals surface area contributed by atoms with Crippen LogP contribution < -0.4 is 15.4 Å². The van der Waals surface area contributed by atoms with Crippen LogP contribution in [0.25, 0.3) is 0 Å². The van der Waals surface area contributed by atoms with Crippen molar-refractivity contribution < 1.29 is 22.4 Å². The number of hydrogen-bond donors (Lipinski definition) is 3. The van der Waals surface area contributed by atoms with E-state index in [2.05, 4.69) is 5.32 Å². The van der Waals surface area contributed by atoms with Gasteiger partial charge in [-0.1, -0.05) is 6.07 Å². The van der Waals surface area contributed by atoms with Gasteiger partial charge in [-0.25, -0.2) is 12.7 Å². The fourth-order valence-electron chi connectivity index (χ4n) is 6.27. The molecule has 2 atom stereocenters. The van der Waals surface area contributed by atoms with Crippen LogP contribution in [0.2, 0.25) is 0 Å². The van der Waals surface area contributed by atoms with Crippen molar-refractivity contribution in [3.63, 3.8) is 0 Å². The third kappa shape index (κ3) is 3.40. The molecule has 4 aliphatic rings. The fraction of sp³-hybridized carbons (Fsp3) is 0.455. The number of thiol groups is 1. The summed E-state index contributed by atoms with van der Waals surface area (Å²) in [7, 11) is -2.99. The van der Waals surface area contributed by atoms with Crippen molar-refractivity contribution in [1.82, 2.24) is 5.32 Å². The zero-order valence-electron chi connectivity index (χ0n) is 16.9. The molecule has 2 unspecified atom stereocenters. The van der Waals surface area contributed by atoms with Gasteiger partial charge in [-0.15, -0.1) is 0 Å². The molecule has 2 amide bonds. The average molecular weight is 444 g/mol. The summed E-state index contributed by atoms with van der Waals surface area (Å²) in [5.74, 6) is 0.730. The molecule has 8 nitrogen and oxygen atoms in total. The SMILES string of the molecule is NC(=O)C12CC3CC(C1)C(NC(=O)c1cccc(N(c4ccco4)[SH](=O)=O)c1)C(C3)C2. The fourth-order valence-corrected chi connectivity index (χ4v) is 6.86. The number of furan rings is 1. The van der Waals surface area contributed by atoms with Crippen molar-refractivity contribution in [3.05, 3.63) is 48.2 Å². The number of benzene rings is 1. The van der Waals surface area contributed by atoms with Crippen LogP contribution in [-0.4, -0.2) is 26.3 Å². The molecule has 1 aromatic heterocycles. The topological polar surface area (TPSA) is 123 Å². The minimum atomic E-state index is -2.99. The maximum atomic E-state index is 13.1. The Morgan fingerprint density at radius 2 is 1.84 bits per heavy atom. The van der Waals surface area contributed by atoms with Crippen molar-refractivity contribution >= 4 is 34.3 Å². The molecule has 31 heavy (non-hydrogen) atoms. The normalized spacial score (nSPS) is 31.0. The molecule has 9 heteroatoms. The Kier molecular flexibility index (Phi) is 4.80.